The van der Waals surface area contributed by atoms with Gasteiger partial charge in [0.25, 0.3) is 0 Å². The molecule has 0 fully saturated rings. The molecule has 3 heterocycles. The number of nitrogens with one attached hydrogen (secondary N) is 4. The molecule has 0 saturated heterocycles. The minimum absolute atomic E-state index is 0.540. The van der Waals surface area contributed by atoms with Gasteiger partial charge in [0.05, 0.1) is 29.1 Å². The summed E-state index contributed by atoms with van der Waals surface area (Å²) in [5.74, 6) is 0. The number of rotatable bonds is 12. The zero-order chi connectivity index (χ0) is 25.7. The Hall–Kier alpha value is -3.97. The van der Waals surface area contributed by atoms with Gasteiger partial charge >= 0.3 is 6.18 Å². The molecule has 0 spiro atoms. The van der Waals surface area contributed by atoms with E-state index in [0.717, 1.165) is 53.6 Å². The van der Waals surface area contributed by atoms with Gasteiger partial charge in [-0.05, 0) is 55.8 Å². The summed E-state index contributed by atoms with van der Waals surface area (Å²) in [6.45, 7) is 3.13. The molecule has 0 radical (unpaired) electrons. The fourth-order valence-electron chi connectivity index (χ4n) is 4.06. The molecule has 0 unspecified atom stereocenters. The highest BCUT2D eigenvalue weighted by molar-refractivity contribution is 5.89. The van der Waals surface area contributed by atoms with Gasteiger partial charge in [-0.15, -0.1) is 15.3 Å². The fraction of sp³-hybridized carbons (Fsp3) is 0.333. The van der Waals surface area contributed by atoms with Crippen LogP contribution in [0, 0.1) is 0 Å². The summed E-state index contributed by atoms with van der Waals surface area (Å²) in [5, 5.41) is 25.8. The molecule has 194 valence electrons. The lowest BCUT2D eigenvalue weighted by molar-refractivity contribution is -0.137. The Morgan fingerprint density at radius 2 is 1.81 bits per heavy atom. The van der Waals surface area contributed by atoms with Crippen molar-refractivity contribution in [2.45, 2.75) is 25.6 Å². The standard InChI is InChI=1S/C24H26F3N9O/c25-24(26,27)17-3-4-20-16(9-17)10-18(32-20)13-28-5-1-2-7-37-8-6-29-21-11-19(36-14-30-31-15-36)12-22-23(21)34-35-33-22/h3-4,9-12,14-15,28-29,32H,1-2,5-8,13H2,(H,33,34,35). The van der Waals surface area contributed by atoms with Gasteiger partial charge in [0, 0.05) is 36.3 Å². The van der Waals surface area contributed by atoms with Crippen molar-refractivity contribution in [3.8, 4) is 5.69 Å². The van der Waals surface area contributed by atoms with Gasteiger partial charge in [-0.1, -0.05) is 5.21 Å². The lowest BCUT2D eigenvalue weighted by Gasteiger charge is -2.10. The van der Waals surface area contributed by atoms with Crippen molar-refractivity contribution in [3.05, 3.63) is 60.3 Å². The summed E-state index contributed by atoms with van der Waals surface area (Å²) in [6.07, 6.45) is 0.729. The third kappa shape index (κ3) is 6.06. The number of nitrogens with zero attached hydrogens (tertiary/aromatic N) is 5. The molecule has 4 N–H and O–H groups in total. The minimum Gasteiger partial charge on any atom is -0.381 e. The van der Waals surface area contributed by atoms with Gasteiger partial charge in [-0.25, -0.2) is 0 Å². The van der Waals surface area contributed by atoms with Crippen LogP contribution >= 0.6 is 0 Å². The Balaban J connectivity index is 0.986. The molecule has 0 bridgehead atoms. The molecule has 0 aliphatic rings. The quantitative estimate of drug-likeness (QED) is 0.186. The average molecular weight is 514 g/mol. The third-order valence-corrected chi connectivity index (χ3v) is 5.91. The Morgan fingerprint density at radius 1 is 0.946 bits per heavy atom. The van der Waals surface area contributed by atoms with E-state index in [9.17, 15) is 13.2 Å². The van der Waals surface area contributed by atoms with E-state index in [1.165, 1.54) is 12.1 Å². The zero-order valence-corrected chi connectivity index (χ0v) is 19.8. The van der Waals surface area contributed by atoms with E-state index in [4.69, 9.17) is 4.74 Å². The first kappa shape index (κ1) is 24.7. The first-order valence-corrected chi connectivity index (χ1v) is 11.9. The van der Waals surface area contributed by atoms with E-state index in [1.54, 1.807) is 23.3 Å². The first-order chi connectivity index (χ1) is 18.0. The second-order valence-electron chi connectivity index (χ2n) is 8.59. The molecule has 0 aliphatic heterocycles. The van der Waals surface area contributed by atoms with Crippen molar-refractivity contribution in [2.24, 2.45) is 0 Å². The van der Waals surface area contributed by atoms with Crippen molar-refractivity contribution in [3.63, 3.8) is 0 Å². The van der Waals surface area contributed by atoms with E-state index >= 15 is 0 Å². The average Bonchev–Trinajstić information content (AvgIpc) is 3.64. The van der Waals surface area contributed by atoms with Crippen LogP contribution in [0.1, 0.15) is 24.1 Å². The molecule has 0 atom stereocenters. The van der Waals surface area contributed by atoms with Crippen LogP contribution < -0.4 is 10.6 Å². The molecule has 3 aromatic heterocycles. The number of alkyl halides is 3. The highest BCUT2D eigenvalue weighted by Crippen LogP contribution is 2.31. The van der Waals surface area contributed by atoms with Crippen LogP contribution in [-0.4, -0.2) is 61.5 Å². The number of ether oxygens (including phenoxy) is 1. The number of aromatic amines is 2. The molecule has 2 aromatic carbocycles. The molecule has 10 nitrogen and oxygen atoms in total. The maximum Gasteiger partial charge on any atom is 0.416 e. The van der Waals surface area contributed by atoms with Crippen molar-refractivity contribution >= 4 is 27.6 Å². The molecule has 5 rings (SSSR count). The maximum atomic E-state index is 12.9. The van der Waals surface area contributed by atoms with E-state index in [1.807, 2.05) is 12.1 Å². The maximum absolute atomic E-state index is 12.9. The van der Waals surface area contributed by atoms with Crippen molar-refractivity contribution in [1.29, 1.82) is 0 Å². The van der Waals surface area contributed by atoms with Gasteiger partial charge in [0.15, 0.2) is 0 Å². The molecule has 0 amide bonds. The molecular weight excluding hydrogens is 487 g/mol. The number of aromatic nitrogens is 7. The number of hydrogen-bond acceptors (Lipinski definition) is 7. The third-order valence-electron chi connectivity index (χ3n) is 5.91. The summed E-state index contributed by atoms with van der Waals surface area (Å²) in [4.78, 5) is 3.15. The van der Waals surface area contributed by atoms with Gasteiger partial charge in [-0.2, -0.15) is 13.2 Å². The fourth-order valence-corrected chi connectivity index (χ4v) is 4.06. The zero-order valence-electron chi connectivity index (χ0n) is 19.8. The first-order valence-electron chi connectivity index (χ1n) is 11.9. The number of unbranched alkanes of at least 4 members (excludes halogenated alkanes) is 1. The van der Waals surface area contributed by atoms with Crippen molar-refractivity contribution in [1.82, 2.24) is 40.5 Å². The Bertz CT molecular complexity index is 1440. The summed E-state index contributed by atoms with van der Waals surface area (Å²) in [7, 11) is 0. The topological polar surface area (TPSA) is 121 Å². The van der Waals surface area contributed by atoms with Crippen LogP contribution in [-0.2, 0) is 17.5 Å². The van der Waals surface area contributed by atoms with E-state index in [0.29, 0.717) is 37.2 Å². The normalized spacial score (nSPS) is 12.1. The van der Waals surface area contributed by atoms with E-state index in [2.05, 4.69) is 41.2 Å². The second-order valence-corrected chi connectivity index (χ2v) is 8.59. The summed E-state index contributed by atoms with van der Waals surface area (Å²) >= 11 is 0. The largest absolute Gasteiger partial charge is 0.416 e. The Labute approximate surface area is 209 Å². The van der Waals surface area contributed by atoms with Gasteiger partial charge in [-0.3, -0.25) is 9.67 Å². The van der Waals surface area contributed by atoms with Crippen molar-refractivity contribution < 1.29 is 17.9 Å². The summed E-state index contributed by atoms with van der Waals surface area (Å²) in [5.41, 5.74) is 4.19. The van der Waals surface area contributed by atoms with Crippen LogP contribution in [0.2, 0.25) is 0 Å². The number of hydrogen-bond donors (Lipinski definition) is 4. The smallest absolute Gasteiger partial charge is 0.381 e. The van der Waals surface area contributed by atoms with Gasteiger partial charge < -0.3 is 20.4 Å². The number of anilines is 1. The molecule has 37 heavy (non-hydrogen) atoms. The monoisotopic (exact) mass is 513 g/mol. The van der Waals surface area contributed by atoms with Crippen LogP contribution in [0.3, 0.4) is 0 Å². The van der Waals surface area contributed by atoms with Crippen LogP contribution in [0.25, 0.3) is 27.6 Å². The van der Waals surface area contributed by atoms with E-state index < -0.39 is 11.7 Å². The molecule has 0 saturated carbocycles. The highest BCUT2D eigenvalue weighted by atomic mass is 19.4. The minimum atomic E-state index is -4.34. The Morgan fingerprint density at radius 3 is 2.65 bits per heavy atom. The predicted octanol–water partition coefficient (Wildman–Crippen LogP) is 4.04. The van der Waals surface area contributed by atoms with E-state index in [-0.39, 0.29) is 0 Å². The molecular formula is C24H26F3N9O. The number of halogens is 3. The number of fused-ring (bicyclic) bond motifs is 2. The molecule has 5 aromatic rings. The van der Waals surface area contributed by atoms with Gasteiger partial charge in [0.1, 0.15) is 18.2 Å². The lowest BCUT2D eigenvalue weighted by Crippen LogP contribution is -2.16. The summed E-state index contributed by atoms with van der Waals surface area (Å²) in [6, 6.07) is 9.37. The SMILES string of the molecule is FC(F)(F)c1ccc2[nH]c(CNCCCCOCCNc3cc(-n4cnnc4)cc4[nH]nnc34)cc2c1. The number of benzene rings is 2. The van der Waals surface area contributed by atoms with Crippen LogP contribution in [0.4, 0.5) is 18.9 Å². The second kappa shape index (κ2) is 11.0. The predicted molar refractivity (Wildman–Crippen MR) is 132 cm³/mol. The number of H-pyrrole nitrogens is 2. The molecule has 13 heteroatoms. The summed E-state index contributed by atoms with van der Waals surface area (Å²) < 4.78 is 46.2. The van der Waals surface area contributed by atoms with Crippen LogP contribution in [0.15, 0.2) is 49.1 Å². The van der Waals surface area contributed by atoms with Gasteiger partial charge in [0.2, 0.25) is 0 Å². The van der Waals surface area contributed by atoms with Crippen molar-refractivity contribution in [2.75, 3.05) is 31.6 Å². The van der Waals surface area contributed by atoms with Crippen LogP contribution in [0.5, 0.6) is 0 Å². The molecule has 0 aliphatic carbocycles. The Kier molecular flexibility index (Phi) is 7.32. The highest BCUT2D eigenvalue weighted by Gasteiger charge is 2.30. The lowest BCUT2D eigenvalue weighted by atomic mass is 10.1.